The van der Waals surface area contributed by atoms with E-state index in [1.807, 2.05) is 30.5 Å². The molecule has 5 aromatic rings. The van der Waals surface area contributed by atoms with Crippen molar-refractivity contribution >= 4 is 23.0 Å². The maximum Gasteiger partial charge on any atom is 0.153 e. The fourth-order valence-corrected chi connectivity index (χ4v) is 8.49. The van der Waals surface area contributed by atoms with Gasteiger partial charge in [0.2, 0.25) is 0 Å². The zero-order valence-corrected chi connectivity index (χ0v) is 28.5. The van der Waals surface area contributed by atoms with E-state index in [0.29, 0.717) is 34.6 Å². The smallest absolute Gasteiger partial charge is 0.153 e. The van der Waals surface area contributed by atoms with Gasteiger partial charge in [0.15, 0.2) is 6.29 Å². The number of benzene rings is 3. The van der Waals surface area contributed by atoms with Gasteiger partial charge in [-0.05, 0) is 91.1 Å². The zero-order valence-electron chi connectivity index (χ0n) is 28.5. The summed E-state index contributed by atoms with van der Waals surface area (Å²) in [5.74, 6) is 2.10. The molecule has 49 heavy (non-hydrogen) atoms. The van der Waals surface area contributed by atoms with Crippen molar-refractivity contribution < 1.29 is 14.3 Å². The Balaban J connectivity index is 0.920. The number of hydrogen-bond donors (Lipinski definition) is 1. The van der Waals surface area contributed by atoms with Crippen molar-refractivity contribution in [3.05, 3.63) is 114 Å². The molecule has 3 aromatic carbocycles. The van der Waals surface area contributed by atoms with E-state index in [1.54, 1.807) is 13.3 Å². The molecule has 2 aromatic heterocycles. The summed E-state index contributed by atoms with van der Waals surface area (Å²) < 4.78 is 11.6. The van der Waals surface area contributed by atoms with Crippen molar-refractivity contribution in [2.24, 2.45) is 5.41 Å². The van der Waals surface area contributed by atoms with Gasteiger partial charge in [-0.2, -0.15) is 0 Å². The van der Waals surface area contributed by atoms with E-state index < -0.39 is 0 Å². The Morgan fingerprint density at radius 2 is 1.76 bits per heavy atom. The van der Waals surface area contributed by atoms with Crippen LogP contribution in [0.4, 0.5) is 5.69 Å². The lowest BCUT2D eigenvalue weighted by Gasteiger charge is -2.58. The number of carbonyl (C=O) groups excluding carboxylic acids is 1. The van der Waals surface area contributed by atoms with Crippen LogP contribution in [-0.2, 0) is 6.54 Å². The molecule has 1 saturated carbocycles. The van der Waals surface area contributed by atoms with E-state index in [1.165, 1.54) is 42.4 Å². The second-order valence-corrected chi connectivity index (χ2v) is 14.3. The van der Waals surface area contributed by atoms with Crippen LogP contribution in [0, 0.1) is 12.3 Å². The number of carbonyl (C=O) groups is 1. The molecule has 3 aliphatic rings. The van der Waals surface area contributed by atoms with Crippen molar-refractivity contribution in [1.82, 2.24) is 19.8 Å². The van der Waals surface area contributed by atoms with Crippen LogP contribution in [0.15, 0.2) is 91.3 Å². The second kappa shape index (κ2) is 13.3. The third-order valence-electron chi connectivity index (χ3n) is 11.3. The average Bonchev–Trinajstić information content (AvgIpc) is 3.59. The minimum absolute atomic E-state index is 0.401. The number of aromatic amines is 1. The van der Waals surface area contributed by atoms with E-state index in [-0.39, 0.29) is 0 Å². The number of hydrogen-bond acceptors (Lipinski definition) is 7. The highest BCUT2D eigenvalue weighted by Crippen LogP contribution is 2.53. The van der Waals surface area contributed by atoms with Gasteiger partial charge >= 0.3 is 0 Å². The molecule has 0 radical (unpaired) electrons. The Bertz CT molecular complexity index is 1920. The van der Waals surface area contributed by atoms with E-state index in [4.69, 9.17) is 9.47 Å². The molecule has 252 valence electrons. The van der Waals surface area contributed by atoms with Gasteiger partial charge in [0.25, 0.3) is 0 Å². The molecule has 8 rings (SSSR count). The molecule has 1 spiro atoms. The molecule has 1 atom stereocenters. The van der Waals surface area contributed by atoms with Crippen LogP contribution < -0.4 is 14.4 Å². The van der Waals surface area contributed by atoms with Gasteiger partial charge in [-0.1, -0.05) is 36.4 Å². The molecular formula is C41H45N5O3. The van der Waals surface area contributed by atoms with Crippen molar-refractivity contribution in [1.29, 1.82) is 0 Å². The van der Waals surface area contributed by atoms with E-state index >= 15 is 0 Å². The predicted octanol–water partition coefficient (Wildman–Crippen LogP) is 7.79. The van der Waals surface area contributed by atoms with Crippen LogP contribution in [-0.4, -0.2) is 71.9 Å². The molecule has 1 unspecified atom stereocenters. The van der Waals surface area contributed by atoms with E-state index in [9.17, 15) is 4.79 Å². The summed E-state index contributed by atoms with van der Waals surface area (Å²) >= 11 is 0. The second-order valence-electron chi connectivity index (χ2n) is 14.3. The van der Waals surface area contributed by atoms with Gasteiger partial charge in [-0.25, -0.2) is 4.98 Å². The van der Waals surface area contributed by atoms with Crippen LogP contribution >= 0.6 is 0 Å². The van der Waals surface area contributed by atoms with Gasteiger partial charge in [0.1, 0.15) is 22.9 Å². The first-order chi connectivity index (χ1) is 24.0. The van der Waals surface area contributed by atoms with Crippen LogP contribution in [0.1, 0.15) is 58.8 Å². The first-order valence-electron chi connectivity index (χ1n) is 17.6. The van der Waals surface area contributed by atoms with E-state index in [2.05, 4.69) is 86.2 Å². The summed E-state index contributed by atoms with van der Waals surface area (Å²) in [5.41, 5.74) is 7.07. The molecule has 2 saturated heterocycles. The molecule has 0 bridgehead atoms. The standard InChI is InChI=1S/C41H45N5O3/c1-29-5-3-4-6-37(29)38-27-44(26-30-7-11-35(48-2)12-8-30)19-20-46(38)34-23-41(24-34)14-17-45(18-15-41)33-10-9-32(28-47)39(22-33)49-36-21-31-13-16-42-40(31)43-25-36/h3-13,16,21-22,25,28,34,38H,14-15,17-20,23-24,26-27H2,1-2H3,(H,42,43). The van der Waals surface area contributed by atoms with Crippen LogP contribution in [0.2, 0.25) is 0 Å². The van der Waals surface area contributed by atoms with Crippen LogP contribution in [0.25, 0.3) is 11.0 Å². The summed E-state index contributed by atoms with van der Waals surface area (Å²) in [7, 11) is 1.72. The number of pyridine rings is 1. The maximum atomic E-state index is 11.9. The Hall–Kier alpha value is -4.66. The predicted molar refractivity (Wildman–Crippen MR) is 194 cm³/mol. The molecule has 4 heterocycles. The van der Waals surface area contributed by atoms with E-state index in [0.717, 1.165) is 68.0 Å². The number of aldehydes is 1. The highest BCUT2D eigenvalue weighted by molar-refractivity contribution is 5.81. The number of piperazine rings is 1. The Morgan fingerprint density at radius 1 is 0.939 bits per heavy atom. The molecule has 3 fully saturated rings. The monoisotopic (exact) mass is 655 g/mol. The number of nitrogens with one attached hydrogen (secondary N) is 1. The molecule has 8 heteroatoms. The average molecular weight is 656 g/mol. The quantitative estimate of drug-likeness (QED) is 0.163. The molecule has 0 amide bonds. The lowest BCUT2D eigenvalue weighted by Crippen LogP contribution is -2.59. The van der Waals surface area contributed by atoms with Crippen LogP contribution in [0.3, 0.4) is 0 Å². The number of anilines is 1. The van der Waals surface area contributed by atoms with Gasteiger partial charge in [0.05, 0.1) is 18.9 Å². The van der Waals surface area contributed by atoms with Crippen molar-refractivity contribution in [3.8, 4) is 17.2 Å². The first-order valence-corrected chi connectivity index (χ1v) is 17.6. The van der Waals surface area contributed by atoms with Gasteiger partial charge in [0, 0.05) is 74.7 Å². The van der Waals surface area contributed by atoms with Gasteiger partial charge < -0.3 is 19.4 Å². The first kappa shape index (κ1) is 31.6. The number of fused-ring (bicyclic) bond motifs is 1. The number of nitrogens with zero attached hydrogens (tertiary/aromatic N) is 4. The summed E-state index contributed by atoms with van der Waals surface area (Å²) in [5, 5.41) is 0.974. The normalized spacial score (nSPS) is 20.0. The van der Waals surface area contributed by atoms with Gasteiger partial charge in [-0.3, -0.25) is 14.6 Å². The molecule has 8 nitrogen and oxygen atoms in total. The summed E-state index contributed by atoms with van der Waals surface area (Å²) in [4.78, 5) is 27.4. The highest BCUT2D eigenvalue weighted by atomic mass is 16.5. The number of methoxy groups -OCH3 is 1. The third kappa shape index (κ3) is 6.43. The Kier molecular flexibility index (Phi) is 8.60. The summed E-state index contributed by atoms with van der Waals surface area (Å²) in [6, 6.07) is 28.4. The topological polar surface area (TPSA) is 73.9 Å². The minimum Gasteiger partial charge on any atom is -0.497 e. The van der Waals surface area contributed by atoms with Crippen molar-refractivity contribution in [2.45, 2.75) is 51.2 Å². The number of piperidine rings is 1. The summed E-state index contributed by atoms with van der Waals surface area (Å²) in [6.07, 6.45) is 9.35. The number of H-pyrrole nitrogens is 1. The lowest BCUT2D eigenvalue weighted by molar-refractivity contribution is -0.0627. The number of aryl methyl sites for hydroxylation is 1. The Morgan fingerprint density at radius 3 is 2.53 bits per heavy atom. The third-order valence-corrected chi connectivity index (χ3v) is 11.3. The fourth-order valence-electron chi connectivity index (χ4n) is 8.49. The molecule has 2 aliphatic heterocycles. The SMILES string of the molecule is COc1ccc(CN2CCN(C3CC4(CCN(c5ccc(C=O)c(Oc6cnc7[nH]ccc7c6)c5)CC4)C3)C(c3ccccc3C)C2)cc1. The van der Waals surface area contributed by atoms with Crippen molar-refractivity contribution in [3.63, 3.8) is 0 Å². The molecular weight excluding hydrogens is 610 g/mol. The lowest BCUT2D eigenvalue weighted by atomic mass is 9.59. The number of aromatic nitrogens is 2. The Labute approximate surface area is 288 Å². The van der Waals surface area contributed by atoms with Crippen molar-refractivity contribution in [2.75, 3.05) is 44.7 Å². The zero-order chi connectivity index (χ0) is 33.4. The molecule has 1 aliphatic carbocycles. The number of ether oxygens (including phenoxy) is 2. The fraction of sp³-hybridized carbons (Fsp3) is 0.366. The number of rotatable bonds is 9. The maximum absolute atomic E-state index is 11.9. The molecule has 1 N–H and O–H groups in total. The van der Waals surface area contributed by atoms with Gasteiger partial charge in [-0.15, -0.1) is 0 Å². The minimum atomic E-state index is 0.401. The summed E-state index contributed by atoms with van der Waals surface area (Å²) in [6.45, 7) is 8.49. The van der Waals surface area contributed by atoms with Crippen LogP contribution in [0.5, 0.6) is 17.2 Å². The largest absolute Gasteiger partial charge is 0.497 e. The highest BCUT2D eigenvalue weighted by Gasteiger charge is 2.50.